The molecule has 1 aliphatic rings. The monoisotopic (exact) mass is 589 g/mol. The van der Waals surface area contributed by atoms with Gasteiger partial charge in [-0.3, -0.25) is 14.4 Å². The van der Waals surface area contributed by atoms with Crippen LogP contribution in [0.3, 0.4) is 0 Å². The fraction of sp³-hybridized carbons (Fsp3) is 0.467. The third-order valence-corrected chi connectivity index (χ3v) is 7.29. The summed E-state index contributed by atoms with van der Waals surface area (Å²) in [7, 11) is 0. The third-order valence-electron chi connectivity index (χ3n) is 6.72. The van der Waals surface area contributed by atoms with Crippen molar-refractivity contribution in [3.8, 4) is 0 Å². The Kier molecular flexibility index (Phi) is 12.4. The van der Waals surface area contributed by atoms with Gasteiger partial charge in [0.1, 0.15) is 6.04 Å². The Hall–Kier alpha value is -2.94. The molecule has 2 aromatic carbocycles. The van der Waals surface area contributed by atoms with Crippen molar-refractivity contribution >= 4 is 46.8 Å². The summed E-state index contributed by atoms with van der Waals surface area (Å²) >= 11 is 12.2. The van der Waals surface area contributed by atoms with Gasteiger partial charge in [0, 0.05) is 17.4 Å². The molecule has 1 saturated heterocycles. The molecule has 1 unspecified atom stereocenters. The van der Waals surface area contributed by atoms with Gasteiger partial charge in [-0.15, -0.1) is 0 Å². The van der Waals surface area contributed by atoms with Gasteiger partial charge in [-0.25, -0.2) is 4.79 Å². The van der Waals surface area contributed by atoms with Crippen LogP contribution in [0, 0.1) is 11.8 Å². The van der Waals surface area contributed by atoms with Gasteiger partial charge in [0.15, 0.2) is 5.78 Å². The second kappa shape index (κ2) is 15.7. The van der Waals surface area contributed by atoms with Crippen LogP contribution in [0.4, 0.5) is 0 Å². The van der Waals surface area contributed by atoms with Crippen LogP contribution in [0.15, 0.2) is 48.5 Å². The van der Waals surface area contributed by atoms with Gasteiger partial charge >= 0.3 is 5.97 Å². The highest BCUT2D eigenvalue weighted by Crippen LogP contribution is 2.22. The number of piperidine rings is 1. The van der Waals surface area contributed by atoms with Gasteiger partial charge in [-0.05, 0) is 74.9 Å². The van der Waals surface area contributed by atoms with Crippen molar-refractivity contribution in [1.29, 1.82) is 0 Å². The summed E-state index contributed by atoms with van der Waals surface area (Å²) in [6, 6.07) is 13.1. The van der Waals surface area contributed by atoms with E-state index < -0.39 is 29.9 Å². The lowest BCUT2D eigenvalue weighted by Gasteiger charge is -2.27. The number of Topliss-reactive ketones (excluding diaryl/α,β-unsaturated/α-hetero) is 1. The number of carbonyl (C=O) groups is 4. The molecular weight excluding hydrogens is 553 g/mol. The first-order valence-electron chi connectivity index (χ1n) is 13.7. The average Bonchev–Trinajstić information content (AvgIpc) is 2.94. The second-order valence-corrected chi connectivity index (χ2v) is 11.3. The van der Waals surface area contributed by atoms with Crippen LogP contribution in [0.2, 0.25) is 10.0 Å². The van der Waals surface area contributed by atoms with Crippen LogP contribution < -0.4 is 16.0 Å². The molecular formula is C30H37Cl2N3O5. The van der Waals surface area contributed by atoms with Crippen molar-refractivity contribution < 1.29 is 23.9 Å². The van der Waals surface area contributed by atoms with Crippen LogP contribution in [0.25, 0.3) is 0 Å². The van der Waals surface area contributed by atoms with E-state index in [4.69, 9.17) is 27.9 Å². The summed E-state index contributed by atoms with van der Waals surface area (Å²) in [5.41, 5.74) is 1.04. The first-order valence-corrected chi connectivity index (χ1v) is 14.4. The lowest BCUT2D eigenvalue weighted by Crippen LogP contribution is -2.54. The molecule has 2 atom stereocenters. The molecule has 0 radical (unpaired) electrons. The zero-order chi connectivity index (χ0) is 29.1. The molecule has 2 aromatic rings. The number of aryl methyl sites for hydroxylation is 1. The van der Waals surface area contributed by atoms with Crippen LogP contribution in [0.5, 0.6) is 0 Å². The van der Waals surface area contributed by atoms with Gasteiger partial charge in [0.05, 0.1) is 10.6 Å². The standard InChI is InChI=1S/C30H37Cl2N3O5/c1-19(2)17-25(34-27(37)21-13-15-33-16-14-21)28(38)35-29(26(36)10-6-9-20-7-4-3-5-8-20)40-30(39)23-18-22(31)11-12-24(23)32/h3-5,7-8,11-12,18-19,21,25,29,33H,6,9-10,13-17H2,1-2H3,(H,34,37)(H,35,38)/t25-,29?/m0/s1. The van der Waals surface area contributed by atoms with E-state index in [0.717, 1.165) is 18.7 Å². The topological polar surface area (TPSA) is 114 Å². The molecule has 0 aromatic heterocycles. The molecule has 1 heterocycles. The molecule has 3 N–H and O–H groups in total. The van der Waals surface area contributed by atoms with Crippen LogP contribution in [-0.4, -0.2) is 48.9 Å². The Bertz CT molecular complexity index is 1170. The number of halogens is 2. The number of hydrogen-bond donors (Lipinski definition) is 3. The molecule has 0 spiro atoms. The Morgan fingerprint density at radius 3 is 2.38 bits per heavy atom. The van der Waals surface area contributed by atoms with E-state index in [1.54, 1.807) is 0 Å². The number of benzene rings is 2. The third kappa shape index (κ3) is 9.91. The zero-order valence-electron chi connectivity index (χ0n) is 22.9. The number of carbonyl (C=O) groups excluding carboxylic acids is 4. The minimum atomic E-state index is -1.56. The largest absolute Gasteiger partial charge is 0.430 e. The quantitative estimate of drug-likeness (QED) is 0.230. The zero-order valence-corrected chi connectivity index (χ0v) is 24.4. The lowest BCUT2D eigenvalue weighted by molar-refractivity contribution is -0.138. The summed E-state index contributed by atoms with van der Waals surface area (Å²) in [6.07, 6.45) is 1.36. The molecule has 2 amide bonds. The number of nitrogens with one attached hydrogen (secondary N) is 3. The summed E-state index contributed by atoms with van der Waals surface area (Å²) in [6.45, 7) is 5.34. The molecule has 40 heavy (non-hydrogen) atoms. The predicted molar refractivity (Wildman–Crippen MR) is 155 cm³/mol. The number of rotatable bonds is 13. The molecule has 8 nitrogen and oxygen atoms in total. The summed E-state index contributed by atoms with van der Waals surface area (Å²) in [5, 5.41) is 9.03. The number of amides is 2. The van der Waals surface area contributed by atoms with E-state index in [2.05, 4.69) is 16.0 Å². The second-order valence-electron chi connectivity index (χ2n) is 10.4. The Labute approximate surface area is 245 Å². The van der Waals surface area contributed by atoms with Crippen LogP contribution >= 0.6 is 23.2 Å². The summed E-state index contributed by atoms with van der Waals surface area (Å²) < 4.78 is 5.50. The van der Waals surface area contributed by atoms with Gasteiger partial charge in [-0.1, -0.05) is 67.4 Å². The number of esters is 1. The number of hydrogen-bond acceptors (Lipinski definition) is 6. The summed E-state index contributed by atoms with van der Waals surface area (Å²) in [4.78, 5) is 52.6. The van der Waals surface area contributed by atoms with Crippen molar-refractivity contribution in [2.24, 2.45) is 11.8 Å². The average molecular weight is 591 g/mol. The lowest BCUT2D eigenvalue weighted by atomic mass is 9.95. The Morgan fingerprint density at radius 2 is 1.70 bits per heavy atom. The van der Waals surface area contributed by atoms with Gasteiger partial charge in [-0.2, -0.15) is 0 Å². The molecule has 0 bridgehead atoms. The van der Waals surface area contributed by atoms with Crippen molar-refractivity contribution in [2.45, 2.75) is 64.6 Å². The Balaban J connectivity index is 1.74. The molecule has 0 aliphatic carbocycles. The number of ether oxygens (including phenoxy) is 1. The molecule has 3 rings (SSSR count). The maximum absolute atomic E-state index is 13.4. The van der Waals surface area contributed by atoms with E-state index in [1.165, 1.54) is 18.2 Å². The smallest absolute Gasteiger partial charge is 0.341 e. The van der Waals surface area contributed by atoms with Gasteiger partial charge in [0.25, 0.3) is 0 Å². The highest BCUT2D eigenvalue weighted by Gasteiger charge is 2.32. The van der Waals surface area contributed by atoms with E-state index in [9.17, 15) is 19.2 Å². The molecule has 1 fully saturated rings. The van der Waals surface area contributed by atoms with Crippen LogP contribution in [-0.2, 0) is 25.5 Å². The first kappa shape index (κ1) is 31.6. The first-order chi connectivity index (χ1) is 19.1. The van der Waals surface area contributed by atoms with E-state index in [1.807, 2.05) is 44.2 Å². The fourth-order valence-electron chi connectivity index (χ4n) is 4.55. The minimum Gasteiger partial charge on any atom is -0.430 e. The van der Waals surface area contributed by atoms with E-state index in [0.29, 0.717) is 32.1 Å². The van der Waals surface area contributed by atoms with E-state index >= 15 is 0 Å². The molecule has 216 valence electrons. The van der Waals surface area contributed by atoms with Crippen molar-refractivity contribution in [3.63, 3.8) is 0 Å². The van der Waals surface area contributed by atoms with E-state index in [-0.39, 0.29) is 39.8 Å². The molecule has 0 saturated carbocycles. The molecule has 1 aliphatic heterocycles. The maximum Gasteiger partial charge on any atom is 0.341 e. The number of ketones is 1. The minimum absolute atomic E-state index is 0.0246. The Morgan fingerprint density at radius 1 is 1.00 bits per heavy atom. The predicted octanol–water partition coefficient (Wildman–Crippen LogP) is 4.72. The maximum atomic E-state index is 13.4. The highest BCUT2D eigenvalue weighted by atomic mass is 35.5. The van der Waals surface area contributed by atoms with Crippen molar-refractivity contribution in [2.75, 3.05) is 13.1 Å². The van der Waals surface area contributed by atoms with Crippen LogP contribution in [0.1, 0.15) is 61.9 Å². The summed E-state index contributed by atoms with van der Waals surface area (Å²) in [5.74, 6) is -2.27. The van der Waals surface area contributed by atoms with Gasteiger partial charge in [0.2, 0.25) is 18.0 Å². The molecule has 10 heteroatoms. The fourth-order valence-corrected chi connectivity index (χ4v) is 4.92. The van der Waals surface area contributed by atoms with Gasteiger partial charge < -0.3 is 20.7 Å². The van der Waals surface area contributed by atoms with Crippen molar-refractivity contribution in [3.05, 3.63) is 69.7 Å². The highest BCUT2D eigenvalue weighted by molar-refractivity contribution is 6.35. The van der Waals surface area contributed by atoms with Crippen molar-refractivity contribution in [1.82, 2.24) is 16.0 Å². The normalized spacial score (nSPS) is 15.2. The SMILES string of the molecule is CC(C)C[C@H](NC(=O)C1CCNCC1)C(=O)NC(OC(=O)c1cc(Cl)ccc1Cl)C(=O)CCCc1ccccc1.